The van der Waals surface area contributed by atoms with Gasteiger partial charge in [0.15, 0.2) is 0 Å². The summed E-state index contributed by atoms with van der Waals surface area (Å²) < 4.78 is 5.01. The maximum Gasteiger partial charge on any atom is 0.0655 e. The SMILES string of the molecule is CCc1cnccc1C(N)COC. The van der Waals surface area contributed by atoms with Crippen LogP contribution in [0.4, 0.5) is 0 Å². The second-order valence-electron chi connectivity index (χ2n) is 2.99. The van der Waals surface area contributed by atoms with Crippen LogP contribution in [0.3, 0.4) is 0 Å². The standard InChI is InChI=1S/C10H16N2O/c1-3-8-6-12-5-4-9(8)10(11)7-13-2/h4-6,10H,3,7,11H2,1-2H3. The molecular weight excluding hydrogens is 164 g/mol. The van der Waals surface area contributed by atoms with Crippen LogP contribution >= 0.6 is 0 Å². The summed E-state index contributed by atoms with van der Waals surface area (Å²) in [6.45, 7) is 2.65. The number of methoxy groups -OCH3 is 1. The molecule has 0 amide bonds. The number of ether oxygens (including phenoxy) is 1. The number of hydrogen-bond acceptors (Lipinski definition) is 3. The minimum Gasteiger partial charge on any atom is -0.383 e. The van der Waals surface area contributed by atoms with Gasteiger partial charge < -0.3 is 10.5 Å². The smallest absolute Gasteiger partial charge is 0.0655 e. The van der Waals surface area contributed by atoms with Crippen molar-refractivity contribution in [1.82, 2.24) is 4.98 Å². The Kier molecular flexibility index (Phi) is 3.86. The molecule has 1 atom stereocenters. The van der Waals surface area contributed by atoms with E-state index in [4.69, 9.17) is 10.5 Å². The monoisotopic (exact) mass is 180 g/mol. The van der Waals surface area contributed by atoms with Crippen LogP contribution in [0.2, 0.25) is 0 Å². The Labute approximate surface area is 78.9 Å². The Morgan fingerprint density at radius 3 is 3.00 bits per heavy atom. The van der Waals surface area contributed by atoms with E-state index in [1.807, 2.05) is 12.3 Å². The lowest BCUT2D eigenvalue weighted by Crippen LogP contribution is -2.17. The quantitative estimate of drug-likeness (QED) is 0.759. The largest absolute Gasteiger partial charge is 0.383 e. The first-order chi connectivity index (χ1) is 6.29. The normalized spacial score (nSPS) is 12.8. The molecule has 3 nitrogen and oxygen atoms in total. The Morgan fingerprint density at radius 1 is 1.62 bits per heavy atom. The first kappa shape index (κ1) is 10.2. The molecule has 2 N–H and O–H groups in total. The van der Waals surface area contributed by atoms with Crippen LogP contribution in [-0.4, -0.2) is 18.7 Å². The summed E-state index contributed by atoms with van der Waals surface area (Å²) in [5.74, 6) is 0. The molecule has 1 unspecified atom stereocenters. The molecule has 0 aliphatic heterocycles. The number of nitrogens with zero attached hydrogens (tertiary/aromatic N) is 1. The molecule has 0 spiro atoms. The van der Waals surface area contributed by atoms with Crippen molar-refractivity contribution in [3.05, 3.63) is 29.6 Å². The van der Waals surface area contributed by atoms with E-state index in [-0.39, 0.29) is 6.04 Å². The van der Waals surface area contributed by atoms with Gasteiger partial charge in [-0.25, -0.2) is 0 Å². The second-order valence-corrected chi connectivity index (χ2v) is 2.99. The fraction of sp³-hybridized carbons (Fsp3) is 0.500. The molecular formula is C10H16N2O. The van der Waals surface area contributed by atoms with Gasteiger partial charge in [0.1, 0.15) is 0 Å². The third kappa shape index (κ3) is 2.50. The Balaban J connectivity index is 2.85. The van der Waals surface area contributed by atoms with Gasteiger partial charge in [-0.05, 0) is 23.6 Å². The Hall–Kier alpha value is -0.930. The zero-order chi connectivity index (χ0) is 9.68. The molecule has 0 aliphatic rings. The molecule has 0 saturated heterocycles. The summed E-state index contributed by atoms with van der Waals surface area (Å²) in [6.07, 6.45) is 4.59. The molecule has 0 aliphatic carbocycles. The zero-order valence-corrected chi connectivity index (χ0v) is 8.16. The van der Waals surface area contributed by atoms with Crippen molar-refractivity contribution in [1.29, 1.82) is 0 Å². The molecule has 72 valence electrons. The van der Waals surface area contributed by atoms with E-state index in [1.165, 1.54) is 5.56 Å². The van der Waals surface area contributed by atoms with Crippen LogP contribution < -0.4 is 5.73 Å². The van der Waals surface area contributed by atoms with Crippen LogP contribution in [0, 0.1) is 0 Å². The van der Waals surface area contributed by atoms with Gasteiger partial charge in [0.05, 0.1) is 12.6 Å². The predicted molar refractivity (Wildman–Crippen MR) is 52.4 cm³/mol. The van der Waals surface area contributed by atoms with E-state index in [0.29, 0.717) is 6.61 Å². The van der Waals surface area contributed by atoms with E-state index >= 15 is 0 Å². The van der Waals surface area contributed by atoms with Gasteiger partial charge in [-0.2, -0.15) is 0 Å². The highest BCUT2D eigenvalue weighted by Crippen LogP contribution is 2.15. The molecule has 0 fully saturated rings. The highest BCUT2D eigenvalue weighted by molar-refractivity contribution is 5.26. The van der Waals surface area contributed by atoms with Crippen molar-refractivity contribution in [2.24, 2.45) is 5.73 Å². The third-order valence-electron chi connectivity index (χ3n) is 2.07. The van der Waals surface area contributed by atoms with Crippen LogP contribution in [0.1, 0.15) is 24.1 Å². The first-order valence-electron chi connectivity index (χ1n) is 4.46. The van der Waals surface area contributed by atoms with Gasteiger partial charge in [-0.1, -0.05) is 6.92 Å². The zero-order valence-electron chi connectivity index (χ0n) is 8.16. The van der Waals surface area contributed by atoms with Crippen molar-refractivity contribution in [3.8, 4) is 0 Å². The van der Waals surface area contributed by atoms with Gasteiger partial charge in [0.25, 0.3) is 0 Å². The molecule has 1 aromatic heterocycles. The Bertz CT molecular complexity index is 263. The van der Waals surface area contributed by atoms with E-state index in [2.05, 4.69) is 11.9 Å². The van der Waals surface area contributed by atoms with Crippen molar-refractivity contribution in [2.75, 3.05) is 13.7 Å². The third-order valence-corrected chi connectivity index (χ3v) is 2.07. The van der Waals surface area contributed by atoms with E-state index in [9.17, 15) is 0 Å². The van der Waals surface area contributed by atoms with Gasteiger partial charge in [0.2, 0.25) is 0 Å². The van der Waals surface area contributed by atoms with Crippen molar-refractivity contribution in [2.45, 2.75) is 19.4 Å². The lowest BCUT2D eigenvalue weighted by Gasteiger charge is -2.13. The first-order valence-corrected chi connectivity index (χ1v) is 4.46. The Morgan fingerprint density at radius 2 is 2.38 bits per heavy atom. The molecule has 1 aromatic rings. The minimum absolute atomic E-state index is 0.0389. The molecule has 0 radical (unpaired) electrons. The molecule has 0 aromatic carbocycles. The number of hydrogen-bond donors (Lipinski definition) is 1. The van der Waals surface area contributed by atoms with Gasteiger partial charge in [0, 0.05) is 19.5 Å². The van der Waals surface area contributed by atoms with E-state index in [1.54, 1.807) is 13.3 Å². The number of aromatic nitrogens is 1. The van der Waals surface area contributed by atoms with E-state index < -0.39 is 0 Å². The van der Waals surface area contributed by atoms with Gasteiger partial charge in [-0.3, -0.25) is 4.98 Å². The maximum absolute atomic E-state index is 5.93. The van der Waals surface area contributed by atoms with Crippen molar-refractivity contribution >= 4 is 0 Å². The van der Waals surface area contributed by atoms with E-state index in [0.717, 1.165) is 12.0 Å². The average Bonchev–Trinajstić information content (AvgIpc) is 2.18. The summed E-state index contributed by atoms with van der Waals surface area (Å²) in [5, 5.41) is 0. The summed E-state index contributed by atoms with van der Waals surface area (Å²) in [5.41, 5.74) is 8.27. The maximum atomic E-state index is 5.93. The summed E-state index contributed by atoms with van der Waals surface area (Å²) in [4.78, 5) is 4.06. The average molecular weight is 180 g/mol. The minimum atomic E-state index is -0.0389. The summed E-state index contributed by atoms with van der Waals surface area (Å²) in [6, 6.07) is 1.92. The lowest BCUT2D eigenvalue weighted by atomic mass is 10.0. The predicted octanol–water partition coefficient (Wildman–Crippen LogP) is 1.29. The molecule has 0 saturated carbocycles. The highest BCUT2D eigenvalue weighted by atomic mass is 16.5. The number of rotatable bonds is 4. The molecule has 1 heterocycles. The topological polar surface area (TPSA) is 48.1 Å². The van der Waals surface area contributed by atoms with Crippen molar-refractivity contribution < 1.29 is 4.74 Å². The van der Waals surface area contributed by atoms with Crippen LogP contribution in [0.5, 0.6) is 0 Å². The molecule has 1 rings (SSSR count). The fourth-order valence-electron chi connectivity index (χ4n) is 1.36. The fourth-order valence-corrected chi connectivity index (χ4v) is 1.36. The van der Waals surface area contributed by atoms with Crippen LogP contribution in [0.25, 0.3) is 0 Å². The molecule has 13 heavy (non-hydrogen) atoms. The number of pyridine rings is 1. The number of aryl methyl sites for hydroxylation is 1. The highest BCUT2D eigenvalue weighted by Gasteiger charge is 2.08. The molecule has 3 heteroatoms. The van der Waals surface area contributed by atoms with Crippen LogP contribution in [-0.2, 0) is 11.2 Å². The lowest BCUT2D eigenvalue weighted by molar-refractivity contribution is 0.180. The summed E-state index contributed by atoms with van der Waals surface area (Å²) >= 11 is 0. The van der Waals surface area contributed by atoms with Gasteiger partial charge in [-0.15, -0.1) is 0 Å². The van der Waals surface area contributed by atoms with Gasteiger partial charge >= 0.3 is 0 Å². The second kappa shape index (κ2) is 4.94. The van der Waals surface area contributed by atoms with Crippen molar-refractivity contribution in [3.63, 3.8) is 0 Å². The van der Waals surface area contributed by atoms with Crippen LogP contribution in [0.15, 0.2) is 18.5 Å². The summed E-state index contributed by atoms with van der Waals surface area (Å²) in [7, 11) is 1.66. The molecule has 0 bridgehead atoms. The number of nitrogens with two attached hydrogens (primary N) is 1.